The minimum absolute atomic E-state index is 0.0295. The second-order valence-electron chi connectivity index (χ2n) is 5.73. The fraction of sp³-hybridized carbons (Fsp3) is 0.263. The summed E-state index contributed by atoms with van der Waals surface area (Å²) in [5, 5.41) is 2.84. The number of nitrogens with one attached hydrogen (secondary N) is 1. The van der Waals surface area contributed by atoms with Crippen LogP contribution in [-0.2, 0) is 0 Å². The predicted octanol–water partition coefficient (Wildman–Crippen LogP) is 3.18. The van der Waals surface area contributed by atoms with E-state index in [9.17, 15) is 9.59 Å². The normalized spacial score (nSPS) is 13.6. The number of rotatable bonds is 4. The van der Waals surface area contributed by atoms with E-state index in [2.05, 4.69) is 5.32 Å². The Kier molecular flexibility index (Phi) is 4.79. The molecular formula is C19H20N2O3. The molecule has 3 rings (SSSR count). The SMILES string of the molecule is COc1ccc(C(=O)Nc2ccccc2C(=O)N2CCCC2)cc1. The summed E-state index contributed by atoms with van der Waals surface area (Å²) in [6.45, 7) is 1.55. The van der Waals surface area contributed by atoms with Crippen LogP contribution in [0.5, 0.6) is 5.75 Å². The van der Waals surface area contributed by atoms with Crippen LogP contribution in [0.4, 0.5) is 5.69 Å². The molecule has 24 heavy (non-hydrogen) atoms. The molecule has 0 aromatic heterocycles. The van der Waals surface area contributed by atoms with E-state index in [1.54, 1.807) is 43.5 Å². The largest absolute Gasteiger partial charge is 0.497 e. The van der Waals surface area contributed by atoms with Crippen LogP contribution in [0, 0.1) is 0 Å². The third-order valence-corrected chi connectivity index (χ3v) is 4.15. The highest BCUT2D eigenvalue weighted by atomic mass is 16.5. The lowest BCUT2D eigenvalue weighted by Gasteiger charge is -2.18. The first-order chi connectivity index (χ1) is 11.7. The molecule has 124 valence electrons. The number of amides is 2. The van der Waals surface area contributed by atoms with E-state index >= 15 is 0 Å². The zero-order valence-electron chi connectivity index (χ0n) is 13.6. The van der Waals surface area contributed by atoms with Crippen LogP contribution in [-0.4, -0.2) is 36.9 Å². The van der Waals surface area contributed by atoms with Crippen molar-refractivity contribution in [2.45, 2.75) is 12.8 Å². The average molecular weight is 324 g/mol. The van der Waals surface area contributed by atoms with Crippen molar-refractivity contribution in [3.63, 3.8) is 0 Å². The highest BCUT2D eigenvalue weighted by Crippen LogP contribution is 2.21. The lowest BCUT2D eigenvalue weighted by Crippen LogP contribution is -2.28. The summed E-state index contributed by atoms with van der Waals surface area (Å²) in [6.07, 6.45) is 2.07. The van der Waals surface area contributed by atoms with Gasteiger partial charge in [-0.1, -0.05) is 12.1 Å². The van der Waals surface area contributed by atoms with E-state index in [0.29, 0.717) is 22.6 Å². The molecule has 0 spiro atoms. The number of hydrogen-bond acceptors (Lipinski definition) is 3. The van der Waals surface area contributed by atoms with Crippen LogP contribution in [0.25, 0.3) is 0 Å². The Balaban J connectivity index is 1.79. The van der Waals surface area contributed by atoms with Gasteiger partial charge in [0.2, 0.25) is 0 Å². The van der Waals surface area contributed by atoms with Gasteiger partial charge in [-0.05, 0) is 49.2 Å². The van der Waals surface area contributed by atoms with Gasteiger partial charge in [0.25, 0.3) is 11.8 Å². The number of anilines is 1. The topological polar surface area (TPSA) is 58.6 Å². The number of nitrogens with zero attached hydrogens (tertiary/aromatic N) is 1. The molecule has 2 aromatic rings. The van der Waals surface area contributed by atoms with Crippen molar-refractivity contribution in [2.75, 3.05) is 25.5 Å². The standard InChI is InChI=1S/C19H20N2O3/c1-24-15-10-8-14(9-11-15)18(22)20-17-7-3-2-6-16(17)19(23)21-12-4-5-13-21/h2-3,6-11H,4-5,12-13H2,1H3,(H,20,22). The second-order valence-corrected chi connectivity index (χ2v) is 5.73. The molecule has 1 N–H and O–H groups in total. The van der Waals surface area contributed by atoms with Gasteiger partial charge in [0.1, 0.15) is 5.75 Å². The number of likely N-dealkylation sites (tertiary alicyclic amines) is 1. The molecule has 0 bridgehead atoms. The minimum atomic E-state index is -0.251. The predicted molar refractivity (Wildman–Crippen MR) is 92.5 cm³/mol. The first-order valence-electron chi connectivity index (χ1n) is 8.03. The van der Waals surface area contributed by atoms with Crippen molar-refractivity contribution in [1.29, 1.82) is 0 Å². The highest BCUT2D eigenvalue weighted by molar-refractivity contribution is 6.09. The number of carbonyl (C=O) groups is 2. The molecule has 1 fully saturated rings. The Bertz CT molecular complexity index is 735. The van der Waals surface area contributed by atoms with Crippen LogP contribution in [0.15, 0.2) is 48.5 Å². The number of para-hydroxylation sites is 1. The fourth-order valence-electron chi connectivity index (χ4n) is 2.81. The van der Waals surface area contributed by atoms with E-state index in [4.69, 9.17) is 4.74 Å². The van der Waals surface area contributed by atoms with Gasteiger partial charge in [0.05, 0.1) is 18.4 Å². The lowest BCUT2D eigenvalue weighted by molar-refractivity contribution is 0.0794. The lowest BCUT2D eigenvalue weighted by atomic mass is 10.1. The first kappa shape index (κ1) is 16.1. The van der Waals surface area contributed by atoms with Gasteiger partial charge in [-0.2, -0.15) is 0 Å². The summed E-state index contributed by atoms with van der Waals surface area (Å²) in [4.78, 5) is 26.9. The Morgan fingerprint density at radius 2 is 1.67 bits per heavy atom. The van der Waals surface area contributed by atoms with Gasteiger partial charge >= 0.3 is 0 Å². The molecule has 1 heterocycles. The number of benzene rings is 2. The second kappa shape index (κ2) is 7.17. The number of hydrogen-bond donors (Lipinski definition) is 1. The molecule has 0 radical (unpaired) electrons. The van der Waals surface area contributed by atoms with Crippen molar-refractivity contribution in [2.24, 2.45) is 0 Å². The van der Waals surface area contributed by atoms with Crippen LogP contribution in [0.1, 0.15) is 33.6 Å². The van der Waals surface area contributed by atoms with Crippen molar-refractivity contribution in [1.82, 2.24) is 4.90 Å². The summed E-state index contributed by atoms with van der Waals surface area (Å²) >= 11 is 0. The number of carbonyl (C=O) groups excluding carboxylic acids is 2. The summed E-state index contributed by atoms with van der Waals surface area (Å²) in [7, 11) is 1.58. The smallest absolute Gasteiger partial charge is 0.255 e. The van der Waals surface area contributed by atoms with E-state index in [0.717, 1.165) is 25.9 Å². The summed E-state index contributed by atoms with van der Waals surface area (Å²) in [5.74, 6) is 0.411. The van der Waals surface area contributed by atoms with E-state index < -0.39 is 0 Å². The van der Waals surface area contributed by atoms with Crippen molar-refractivity contribution >= 4 is 17.5 Å². The maximum atomic E-state index is 12.6. The molecule has 5 nitrogen and oxygen atoms in total. The van der Waals surface area contributed by atoms with Gasteiger partial charge < -0.3 is 15.0 Å². The molecule has 0 unspecified atom stereocenters. The van der Waals surface area contributed by atoms with Gasteiger partial charge in [-0.3, -0.25) is 9.59 Å². The summed E-state index contributed by atoms with van der Waals surface area (Å²) in [5.41, 5.74) is 1.58. The molecule has 2 aromatic carbocycles. The first-order valence-corrected chi connectivity index (χ1v) is 8.03. The molecule has 1 aliphatic heterocycles. The van der Waals surface area contributed by atoms with Crippen molar-refractivity contribution in [3.8, 4) is 5.75 Å². The molecule has 1 saturated heterocycles. The zero-order chi connectivity index (χ0) is 16.9. The zero-order valence-corrected chi connectivity index (χ0v) is 13.6. The molecule has 0 saturated carbocycles. The van der Waals surface area contributed by atoms with Crippen molar-refractivity contribution in [3.05, 3.63) is 59.7 Å². The monoisotopic (exact) mass is 324 g/mol. The van der Waals surface area contributed by atoms with Crippen LogP contribution < -0.4 is 10.1 Å². The maximum Gasteiger partial charge on any atom is 0.255 e. The quantitative estimate of drug-likeness (QED) is 0.939. The Hall–Kier alpha value is -2.82. The molecule has 0 aliphatic carbocycles. The van der Waals surface area contributed by atoms with Gasteiger partial charge in [-0.15, -0.1) is 0 Å². The highest BCUT2D eigenvalue weighted by Gasteiger charge is 2.22. The minimum Gasteiger partial charge on any atom is -0.497 e. The van der Waals surface area contributed by atoms with Crippen LogP contribution in [0.3, 0.4) is 0 Å². The fourth-order valence-corrected chi connectivity index (χ4v) is 2.81. The third-order valence-electron chi connectivity index (χ3n) is 4.15. The van der Waals surface area contributed by atoms with Gasteiger partial charge in [0.15, 0.2) is 0 Å². The molecule has 0 atom stereocenters. The van der Waals surface area contributed by atoms with Crippen molar-refractivity contribution < 1.29 is 14.3 Å². The number of methoxy groups -OCH3 is 1. The maximum absolute atomic E-state index is 12.6. The Labute approximate surface area is 141 Å². The average Bonchev–Trinajstić information content (AvgIpc) is 3.16. The van der Waals surface area contributed by atoms with Crippen LogP contribution in [0.2, 0.25) is 0 Å². The van der Waals surface area contributed by atoms with Gasteiger partial charge in [-0.25, -0.2) is 0 Å². The van der Waals surface area contributed by atoms with E-state index in [1.165, 1.54) is 0 Å². The third kappa shape index (κ3) is 3.40. The van der Waals surface area contributed by atoms with E-state index in [-0.39, 0.29) is 11.8 Å². The Morgan fingerprint density at radius 3 is 2.33 bits per heavy atom. The molecule has 5 heteroatoms. The Morgan fingerprint density at radius 1 is 1.00 bits per heavy atom. The van der Waals surface area contributed by atoms with E-state index in [1.807, 2.05) is 17.0 Å². The molecule has 1 aliphatic rings. The number of ether oxygens (including phenoxy) is 1. The van der Waals surface area contributed by atoms with Crippen LogP contribution >= 0.6 is 0 Å². The summed E-state index contributed by atoms with van der Waals surface area (Å²) < 4.78 is 5.09. The van der Waals surface area contributed by atoms with Gasteiger partial charge in [0, 0.05) is 18.7 Å². The molecular weight excluding hydrogens is 304 g/mol. The summed E-state index contributed by atoms with van der Waals surface area (Å²) in [6, 6.07) is 14.0. The molecule has 2 amide bonds.